The molecule has 66 heavy (non-hydrogen) atoms. The van der Waals surface area contributed by atoms with Crippen molar-refractivity contribution in [2.24, 2.45) is 0 Å². The second-order valence-electron chi connectivity index (χ2n) is 18.8. The standard InChI is InChI=1S/C61H108O5/c1-4-7-10-13-16-19-22-25-27-29-31-33-35-37-39-42-45-48-51-54-60(62)65-58-59(57-64-56-53-50-47-44-41-24-21-18-15-12-9-6-3)66-61(63)55-52-49-46-43-40-38-36-34-32-30-28-26-23-20-17-14-11-8-5-2/h7,10,16,19,25,27,31,33,37,39,45,48,59H,4-6,8-9,11-15,17-18,20-24,26,28-30,32,34-36,38,40-44,46-47,49-58H2,1-3H3/b10-7-,19-16-,27-25-,33-31-,39-37-,48-45-. The van der Waals surface area contributed by atoms with E-state index < -0.39 is 6.10 Å². The fourth-order valence-electron chi connectivity index (χ4n) is 8.07. The molecule has 0 saturated heterocycles. The molecule has 0 radical (unpaired) electrons. The zero-order valence-electron chi connectivity index (χ0n) is 44.0. The van der Waals surface area contributed by atoms with Crippen LogP contribution in [0.5, 0.6) is 0 Å². The highest BCUT2D eigenvalue weighted by atomic mass is 16.6. The Bertz CT molecular complexity index is 1180. The number of unbranched alkanes of at least 4 members (excludes halogenated alkanes) is 29. The van der Waals surface area contributed by atoms with Crippen LogP contribution in [0.3, 0.4) is 0 Å². The summed E-state index contributed by atoms with van der Waals surface area (Å²) in [5.74, 6) is -0.481. The third-order valence-electron chi connectivity index (χ3n) is 12.3. The first kappa shape index (κ1) is 63.3. The van der Waals surface area contributed by atoms with Crippen LogP contribution in [0.4, 0.5) is 0 Å². The predicted octanol–water partition coefficient (Wildman–Crippen LogP) is 19.5. The minimum atomic E-state index is -0.565. The number of hydrogen-bond donors (Lipinski definition) is 0. The van der Waals surface area contributed by atoms with Crippen LogP contribution in [0, 0.1) is 0 Å². The molecule has 0 heterocycles. The molecular weight excluding hydrogens is 813 g/mol. The molecule has 0 N–H and O–H groups in total. The van der Waals surface area contributed by atoms with Crippen LogP contribution in [-0.4, -0.2) is 37.9 Å². The maximum atomic E-state index is 12.8. The lowest BCUT2D eigenvalue weighted by atomic mass is 10.0. The van der Waals surface area contributed by atoms with Crippen molar-refractivity contribution < 1.29 is 23.8 Å². The van der Waals surface area contributed by atoms with E-state index in [9.17, 15) is 9.59 Å². The predicted molar refractivity (Wildman–Crippen MR) is 288 cm³/mol. The van der Waals surface area contributed by atoms with E-state index in [4.69, 9.17) is 14.2 Å². The Hall–Kier alpha value is -2.66. The Balaban J connectivity index is 4.32. The Labute approximate surface area is 410 Å². The zero-order chi connectivity index (χ0) is 47.7. The molecule has 0 aromatic rings. The Morgan fingerprint density at radius 2 is 0.682 bits per heavy atom. The first-order valence-corrected chi connectivity index (χ1v) is 28.5. The van der Waals surface area contributed by atoms with Gasteiger partial charge in [-0.2, -0.15) is 0 Å². The van der Waals surface area contributed by atoms with Crippen molar-refractivity contribution in [3.63, 3.8) is 0 Å². The molecule has 0 saturated carbocycles. The summed E-state index contributed by atoms with van der Waals surface area (Å²) >= 11 is 0. The summed E-state index contributed by atoms with van der Waals surface area (Å²) in [4.78, 5) is 25.5. The van der Waals surface area contributed by atoms with Crippen LogP contribution >= 0.6 is 0 Å². The van der Waals surface area contributed by atoms with Crippen LogP contribution in [0.1, 0.15) is 278 Å². The number of ether oxygens (including phenoxy) is 3. The van der Waals surface area contributed by atoms with Gasteiger partial charge in [-0.3, -0.25) is 9.59 Å². The van der Waals surface area contributed by atoms with Crippen molar-refractivity contribution in [1.82, 2.24) is 0 Å². The number of carbonyl (C=O) groups is 2. The molecule has 0 amide bonds. The molecule has 5 nitrogen and oxygen atoms in total. The average molecular weight is 922 g/mol. The van der Waals surface area contributed by atoms with Crippen LogP contribution in [0.15, 0.2) is 72.9 Å². The van der Waals surface area contributed by atoms with Gasteiger partial charge in [0.25, 0.3) is 0 Å². The number of rotatable bonds is 52. The van der Waals surface area contributed by atoms with Crippen LogP contribution < -0.4 is 0 Å². The summed E-state index contributed by atoms with van der Waals surface area (Å²) in [5, 5.41) is 0. The van der Waals surface area contributed by atoms with Gasteiger partial charge in [-0.1, -0.05) is 280 Å². The molecule has 1 unspecified atom stereocenters. The third-order valence-corrected chi connectivity index (χ3v) is 12.3. The Morgan fingerprint density at radius 1 is 0.348 bits per heavy atom. The summed E-state index contributed by atoms with van der Waals surface area (Å²) < 4.78 is 17.4. The van der Waals surface area contributed by atoms with E-state index in [0.29, 0.717) is 25.9 Å². The molecule has 5 heteroatoms. The van der Waals surface area contributed by atoms with Gasteiger partial charge in [-0.25, -0.2) is 0 Å². The van der Waals surface area contributed by atoms with Gasteiger partial charge >= 0.3 is 11.9 Å². The van der Waals surface area contributed by atoms with E-state index in [-0.39, 0.29) is 25.2 Å². The smallest absolute Gasteiger partial charge is 0.306 e. The van der Waals surface area contributed by atoms with Crippen molar-refractivity contribution in [2.75, 3.05) is 19.8 Å². The van der Waals surface area contributed by atoms with Crippen molar-refractivity contribution in [2.45, 2.75) is 284 Å². The van der Waals surface area contributed by atoms with Gasteiger partial charge in [-0.05, 0) is 57.8 Å². The minimum absolute atomic E-state index is 0.0476. The zero-order valence-corrected chi connectivity index (χ0v) is 44.0. The molecule has 382 valence electrons. The van der Waals surface area contributed by atoms with E-state index in [1.807, 2.05) is 6.08 Å². The van der Waals surface area contributed by atoms with Crippen molar-refractivity contribution in [1.29, 1.82) is 0 Å². The van der Waals surface area contributed by atoms with E-state index in [1.165, 1.54) is 173 Å². The summed E-state index contributed by atoms with van der Waals surface area (Å²) in [7, 11) is 0. The monoisotopic (exact) mass is 921 g/mol. The second-order valence-corrected chi connectivity index (χ2v) is 18.8. The van der Waals surface area contributed by atoms with Gasteiger partial charge in [0.1, 0.15) is 6.61 Å². The third kappa shape index (κ3) is 54.0. The van der Waals surface area contributed by atoms with Gasteiger partial charge in [0.15, 0.2) is 6.10 Å². The maximum absolute atomic E-state index is 12.8. The molecular formula is C61H108O5. The van der Waals surface area contributed by atoms with E-state index in [2.05, 4.69) is 87.6 Å². The molecule has 0 fully saturated rings. The molecule has 0 aromatic heterocycles. The lowest BCUT2D eigenvalue weighted by Gasteiger charge is -2.18. The lowest BCUT2D eigenvalue weighted by Crippen LogP contribution is -2.30. The number of carbonyl (C=O) groups excluding carboxylic acids is 2. The first-order valence-electron chi connectivity index (χ1n) is 28.5. The van der Waals surface area contributed by atoms with Crippen LogP contribution in [-0.2, 0) is 23.8 Å². The number of allylic oxidation sites excluding steroid dienone is 12. The largest absolute Gasteiger partial charge is 0.462 e. The molecule has 0 aliphatic heterocycles. The normalized spacial score (nSPS) is 12.7. The summed E-state index contributed by atoms with van der Waals surface area (Å²) in [6, 6.07) is 0. The fourth-order valence-corrected chi connectivity index (χ4v) is 8.07. The summed E-state index contributed by atoms with van der Waals surface area (Å²) in [5.41, 5.74) is 0. The van der Waals surface area contributed by atoms with E-state index in [0.717, 1.165) is 64.2 Å². The Kier molecular flexibility index (Phi) is 54.4. The van der Waals surface area contributed by atoms with Gasteiger partial charge in [0.2, 0.25) is 0 Å². The lowest BCUT2D eigenvalue weighted by molar-refractivity contribution is -0.162. The first-order chi connectivity index (χ1) is 32.6. The van der Waals surface area contributed by atoms with Gasteiger partial charge < -0.3 is 14.2 Å². The SMILES string of the molecule is CC/C=C\C/C=C\C/C=C\C/C=C\C/C=C\C/C=C\CCC(=O)OCC(COCCCCCCCCCCCCCC)OC(=O)CCCCCCCCCCCCCCCCCCCCC. The van der Waals surface area contributed by atoms with Gasteiger partial charge in [-0.15, -0.1) is 0 Å². The highest BCUT2D eigenvalue weighted by molar-refractivity contribution is 5.70. The maximum Gasteiger partial charge on any atom is 0.306 e. The van der Waals surface area contributed by atoms with Crippen LogP contribution in [0.2, 0.25) is 0 Å². The van der Waals surface area contributed by atoms with Gasteiger partial charge in [0, 0.05) is 19.4 Å². The summed E-state index contributed by atoms with van der Waals surface area (Å²) in [6.45, 7) is 7.68. The second kappa shape index (κ2) is 56.7. The topological polar surface area (TPSA) is 61.8 Å². The molecule has 0 bridgehead atoms. The minimum Gasteiger partial charge on any atom is -0.462 e. The molecule has 0 spiro atoms. The van der Waals surface area contributed by atoms with Crippen molar-refractivity contribution in [3.8, 4) is 0 Å². The van der Waals surface area contributed by atoms with E-state index >= 15 is 0 Å². The average Bonchev–Trinajstić information content (AvgIpc) is 3.32. The van der Waals surface area contributed by atoms with E-state index in [1.54, 1.807) is 0 Å². The molecule has 1 atom stereocenters. The van der Waals surface area contributed by atoms with Crippen LogP contribution in [0.25, 0.3) is 0 Å². The van der Waals surface area contributed by atoms with Gasteiger partial charge in [0.05, 0.1) is 6.61 Å². The highest BCUT2D eigenvalue weighted by Gasteiger charge is 2.17. The number of hydrogen-bond acceptors (Lipinski definition) is 5. The quantitative estimate of drug-likeness (QED) is 0.0346. The summed E-state index contributed by atoms with van der Waals surface area (Å²) in [6.07, 6.45) is 73.6. The highest BCUT2D eigenvalue weighted by Crippen LogP contribution is 2.16. The molecule has 0 aliphatic carbocycles. The molecule has 0 aliphatic rings. The number of esters is 2. The Morgan fingerprint density at radius 3 is 1.06 bits per heavy atom. The molecule has 0 rings (SSSR count). The van der Waals surface area contributed by atoms with Crippen molar-refractivity contribution in [3.05, 3.63) is 72.9 Å². The van der Waals surface area contributed by atoms with Crippen molar-refractivity contribution >= 4 is 11.9 Å². The molecule has 0 aromatic carbocycles. The fraction of sp³-hybridized carbons (Fsp3) is 0.770.